The van der Waals surface area contributed by atoms with Crippen molar-refractivity contribution in [1.82, 2.24) is 0 Å². The van der Waals surface area contributed by atoms with Crippen molar-refractivity contribution in [2.75, 3.05) is 5.33 Å². The minimum absolute atomic E-state index is 0.710. The lowest BCUT2D eigenvalue weighted by Crippen LogP contribution is -1.89. The fourth-order valence-electron chi connectivity index (χ4n) is 2.64. The van der Waals surface area contributed by atoms with Gasteiger partial charge in [0.05, 0.1) is 0 Å². The van der Waals surface area contributed by atoms with Crippen molar-refractivity contribution in [2.24, 2.45) is 0 Å². The van der Waals surface area contributed by atoms with E-state index in [1.54, 1.807) is 0 Å². The van der Waals surface area contributed by atoms with Gasteiger partial charge in [-0.05, 0) is 12.8 Å². The van der Waals surface area contributed by atoms with Crippen LogP contribution in [-0.4, -0.2) is 10.2 Å². The Morgan fingerprint density at radius 2 is 0.850 bits per heavy atom. The Balaban J connectivity index is 2.92. The molecule has 0 saturated heterocycles. The van der Waals surface area contributed by atoms with Gasteiger partial charge in [0.2, 0.25) is 0 Å². The summed E-state index contributed by atoms with van der Waals surface area (Å²) in [6, 6.07) is 0. The summed E-state index contributed by atoms with van der Waals surface area (Å²) in [6.07, 6.45) is 21.6. The van der Waals surface area contributed by atoms with Gasteiger partial charge in [0, 0.05) is 10.2 Å². The molecule has 122 valence electrons. The van der Waals surface area contributed by atoms with Crippen molar-refractivity contribution >= 4 is 31.9 Å². The molecule has 0 rings (SSSR count). The number of rotatable bonds is 16. The highest BCUT2D eigenvalue weighted by Crippen LogP contribution is 2.15. The van der Waals surface area contributed by atoms with Crippen LogP contribution in [0, 0.1) is 0 Å². The summed E-state index contributed by atoms with van der Waals surface area (Å²) in [5.74, 6) is 0. The predicted octanol–water partition coefficient (Wildman–Crippen LogP) is 8.02. The summed E-state index contributed by atoms with van der Waals surface area (Å²) in [7, 11) is 0. The Labute approximate surface area is 145 Å². The van der Waals surface area contributed by atoms with Gasteiger partial charge in [-0.1, -0.05) is 122 Å². The number of unbranched alkanes of at least 4 members (excludes halogenated alkanes) is 13. The summed E-state index contributed by atoms with van der Waals surface area (Å²) >= 11 is 7.10. The Bertz CT molecular complexity index is 169. The lowest BCUT2D eigenvalue weighted by Gasteiger charge is -2.04. The van der Waals surface area contributed by atoms with Gasteiger partial charge in [0.25, 0.3) is 0 Å². The summed E-state index contributed by atoms with van der Waals surface area (Å²) < 4.78 is 0. The molecule has 1 unspecified atom stereocenters. The third-order valence-corrected chi connectivity index (χ3v) is 5.00. The normalized spacial score (nSPS) is 12.8. The van der Waals surface area contributed by atoms with E-state index in [2.05, 4.69) is 38.8 Å². The van der Waals surface area contributed by atoms with Crippen LogP contribution in [0.3, 0.4) is 0 Å². The second kappa shape index (κ2) is 18.0. The minimum Gasteiger partial charge on any atom is -0.0928 e. The summed E-state index contributed by atoms with van der Waals surface area (Å²) in [4.78, 5) is 0.710. The lowest BCUT2D eigenvalue weighted by molar-refractivity contribution is 0.533. The lowest BCUT2D eigenvalue weighted by atomic mass is 10.0. The van der Waals surface area contributed by atoms with Gasteiger partial charge in [-0.15, -0.1) is 0 Å². The van der Waals surface area contributed by atoms with Crippen molar-refractivity contribution in [3.05, 3.63) is 0 Å². The van der Waals surface area contributed by atoms with E-state index in [4.69, 9.17) is 0 Å². The van der Waals surface area contributed by atoms with Crippen LogP contribution in [0.2, 0.25) is 0 Å². The highest BCUT2D eigenvalue weighted by molar-refractivity contribution is 9.09. The first kappa shape index (κ1) is 21.0. The average Bonchev–Trinajstić information content (AvgIpc) is 2.43. The van der Waals surface area contributed by atoms with E-state index in [0.29, 0.717) is 4.83 Å². The number of hydrogen-bond acceptors (Lipinski definition) is 0. The first-order valence-corrected chi connectivity index (χ1v) is 11.0. The van der Waals surface area contributed by atoms with Gasteiger partial charge in [-0.25, -0.2) is 0 Å². The van der Waals surface area contributed by atoms with E-state index >= 15 is 0 Å². The Hall–Kier alpha value is 0.960. The molecule has 0 fully saturated rings. The van der Waals surface area contributed by atoms with Crippen molar-refractivity contribution in [3.8, 4) is 0 Å². The number of alkyl halides is 2. The van der Waals surface area contributed by atoms with Gasteiger partial charge >= 0.3 is 0 Å². The minimum atomic E-state index is 0.710. The molecule has 0 aliphatic carbocycles. The summed E-state index contributed by atoms with van der Waals surface area (Å²) in [5, 5.41) is 1.18. The second-order valence-electron chi connectivity index (χ2n) is 6.21. The van der Waals surface area contributed by atoms with Crippen LogP contribution in [0.25, 0.3) is 0 Å². The molecule has 20 heavy (non-hydrogen) atoms. The van der Waals surface area contributed by atoms with Gasteiger partial charge in [0.15, 0.2) is 0 Å². The van der Waals surface area contributed by atoms with E-state index in [0.717, 1.165) is 0 Å². The fourth-order valence-corrected chi connectivity index (χ4v) is 3.36. The molecule has 0 spiro atoms. The Morgan fingerprint density at radius 1 is 0.550 bits per heavy atom. The van der Waals surface area contributed by atoms with Crippen LogP contribution in [0.5, 0.6) is 0 Å². The van der Waals surface area contributed by atoms with Crippen molar-refractivity contribution in [1.29, 1.82) is 0 Å². The molecule has 0 aromatic rings. The topological polar surface area (TPSA) is 0 Å². The molecule has 0 bridgehead atoms. The zero-order valence-electron chi connectivity index (χ0n) is 13.6. The van der Waals surface area contributed by atoms with E-state index in [1.807, 2.05) is 0 Å². The van der Waals surface area contributed by atoms with Gasteiger partial charge in [0.1, 0.15) is 0 Å². The van der Waals surface area contributed by atoms with Crippen molar-refractivity contribution in [3.63, 3.8) is 0 Å². The average molecular weight is 412 g/mol. The van der Waals surface area contributed by atoms with Crippen LogP contribution >= 0.6 is 31.9 Å². The standard InChI is InChI=1S/C18H36Br2/c1-18(20)16-14-12-10-8-6-4-2-3-5-7-9-11-13-15-17-19/h18H,2-17H2,1H3. The largest absolute Gasteiger partial charge is 0.0928 e. The third-order valence-electron chi connectivity index (χ3n) is 3.99. The molecule has 0 radical (unpaired) electrons. The molecule has 0 aliphatic heterocycles. The first-order valence-electron chi connectivity index (χ1n) is 8.97. The molecule has 0 heterocycles. The zero-order valence-corrected chi connectivity index (χ0v) is 16.8. The number of hydrogen-bond donors (Lipinski definition) is 0. The van der Waals surface area contributed by atoms with Crippen LogP contribution in [-0.2, 0) is 0 Å². The fraction of sp³-hybridized carbons (Fsp3) is 1.00. The Kier molecular flexibility index (Phi) is 18.9. The molecule has 0 saturated carbocycles. The van der Waals surface area contributed by atoms with Crippen LogP contribution in [0.1, 0.15) is 103 Å². The summed E-state index contributed by atoms with van der Waals surface area (Å²) in [6.45, 7) is 2.25. The van der Waals surface area contributed by atoms with E-state index < -0.39 is 0 Å². The molecule has 0 aromatic heterocycles. The van der Waals surface area contributed by atoms with Crippen LogP contribution in [0.15, 0.2) is 0 Å². The maximum absolute atomic E-state index is 3.61. The molecule has 1 atom stereocenters. The van der Waals surface area contributed by atoms with Gasteiger partial charge in [-0.2, -0.15) is 0 Å². The Morgan fingerprint density at radius 3 is 1.15 bits per heavy atom. The molecular weight excluding hydrogens is 376 g/mol. The monoisotopic (exact) mass is 410 g/mol. The maximum Gasteiger partial charge on any atom is 0.0117 e. The zero-order chi connectivity index (χ0) is 14.9. The molecule has 0 aliphatic rings. The molecule has 0 amide bonds. The smallest absolute Gasteiger partial charge is 0.0117 e. The molecule has 0 aromatic carbocycles. The SMILES string of the molecule is CC(Br)CCCCCCCCCCCCCCCCBr. The maximum atomic E-state index is 3.61. The van der Waals surface area contributed by atoms with E-state index in [-0.39, 0.29) is 0 Å². The van der Waals surface area contributed by atoms with Crippen LogP contribution < -0.4 is 0 Å². The second-order valence-corrected chi connectivity index (χ2v) is 8.56. The highest BCUT2D eigenvalue weighted by atomic mass is 79.9. The molecular formula is C18H36Br2. The number of halogens is 2. The van der Waals surface area contributed by atoms with Crippen LogP contribution in [0.4, 0.5) is 0 Å². The van der Waals surface area contributed by atoms with Gasteiger partial charge < -0.3 is 0 Å². The molecule has 0 nitrogen and oxygen atoms in total. The van der Waals surface area contributed by atoms with Crippen molar-refractivity contribution in [2.45, 2.75) is 108 Å². The molecule has 0 N–H and O–H groups in total. The predicted molar refractivity (Wildman–Crippen MR) is 101 cm³/mol. The van der Waals surface area contributed by atoms with Gasteiger partial charge in [-0.3, -0.25) is 0 Å². The van der Waals surface area contributed by atoms with E-state index in [9.17, 15) is 0 Å². The van der Waals surface area contributed by atoms with E-state index in [1.165, 1.54) is 102 Å². The van der Waals surface area contributed by atoms with Crippen molar-refractivity contribution < 1.29 is 0 Å². The molecule has 2 heteroatoms. The summed E-state index contributed by atoms with van der Waals surface area (Å²) in [5.41, 5.74) is 0. The third kappa shape index (κ3) is 19.0. The first-order chi connectivity index (χ1) is 9.77. The quantitative estimate of drug-likeness (QED) is 0.178. The highest BCUT2D eigenvalue weighted by Gasteiger charge is 1.96.